The second kappa shape index (κ2) is 79.8. The molecule has 0 aromatic heterocycles. The highest BCUT2D eigenvalue weighted by Gasteiger charge is 2.30. The van der Waals surface area contributed by atoms with Crippen molar-refractivity contribution in [2.75, 3.05) is 39.6 Å². The fraction of sp³-hybridized carbons (Fsp3) is 0.663. The predicted octanol–water partition coefficient (Wildman–Crippen LogP) is 24.8. The summed E-state index contributed by atoms with van der Waals surface area (Å²) in [7, 11) is -10.00. The minimum absolute atomic E-state index is 0.0651. The van der Waals surface area contributed by atoms with E-state index in [4.69, 9.17) is 37.0 Å². The molecule has 0 radical (unpaired) electrons. The maximum Gasteiger partial charge on any atom is 0.472 e. The van der Waals surface area contributed by atoms with E-state index in [1.54, 1.807) is 0 Å². The van der Waals surface area contributed by atoms with E-state index >= 15 is 0 Å². The molecule has 0 fully saturated rings. The minimum Gasteiger partial charge on any atom is -0.462 e. The molecule has 0 bridgehead atoms. The van der Waals surface area contributed by atoms with E-state index in [0.717, 1.165) is 180 Å². The summed E-state index contributed by atoms with van der Waals surface area (Å²) < 4.78 is 68.7. The van der Waals surface area contributed by atoms with Crippen LogP contribution < -0.4 is 0 Å². The van der Waals surface area contributed by atoms with Gasteiger partial charge < -0.3 is 33.8 Å². The highest BCUT2D eigenvalue weighted by atomic mass is 31.2. The highest BCUT2D eigenvalue weighted by Crippen LogP contribution is 2.45. The lowest BCUT2D eigenvalue weighted by molar-refractivity contribution is -0.161. The Labute approximate surface area is 655 Å². The molecule has 0 saturated carbocycles. The SMILES string of the molecule is CC/C=C\C/C=C\C/C=C\C/C=C\C/C=C\CCCCCC(=O)OCC(COP(=O)(O)OCC(O)COP(=O)(O)OCC(COC(=O)CCCC/C=C\C/C=C\C/C=C\C/C=C\CC)OC(=O)CCCCCCCCCCCCCCCCC)OC(=O)CCCCCCCC/C=C\C/C=C\C/C=C\C/C=C\CC. The first-order chi connectivity index (χ1) is 52.7. The van der Waals surface area contributed by atoms with Gasteiger partial charge in [0.1, 0.15) is 19.3 Å². The van der Waals surface area contributed by atoms with Crippen molar-refractivity contribution in [2.24, 2.45) is 0 Å². The van der Waals surface area contributed by atoms with Gasteiger partial charge in [-0.15, -0.1) is 0 Å². The first-order valence-corrected chi connectivity index (χ1v) is 44.7. The number of allylic oxidation sites excluding steroid dienone is 26. The second-order valence-corrected chi connectivity index (χ2v) is 30.2. The van der Waals surface area contributed by atoms with Crippen LogP contribution in [-0.2, 0) is 65.4 Å². The Morgan fingerprint density at radius 2 is 0.481 bits per heavy atom. The van der Waals surface area contributed by atoms with Gasteiger partial charge in [-0.25, -0.2) is 9.13 Å². The van der Waals surface area contributed by atoms with Crippen molar-refractivity contribution in [3.05, 3.63) is 158 Å². The monoisotopic (exact) mass is 1550 g/mol. The number of aliphatic hydroxyl groups excluding tert-OH is 1. The number of aliphatic hydroxyl groups is 1. The number of ether oxygens (including phenoxy) is 4. The zero-order valence-corrected chi connectivity index (χ0v) is 69.3. The third-order valence-corrected chi connectivity index (χ3v) is 18.9. The molecule has 0 spiro atoms. The molecule has 0 aromatic carbocycles. The Morgan fingerprint density at radius 3 is 0.769 bits per heavy atom. The number of phosphoric acid groups is 2. The first kappa shape index (κ1) is 103. The van der Waals surface area contributed by atoms with Crippen molar-refractivity contribution in [3.8, 4) is 0 Å². The third-order valence-electron chi connectivity index (χ3n) is 17.0. The van der Waals surface area contributed by atoms with E-state index < -0.39 is 97.5 Å². The summed E-state index contributed by atoms with van der Waals surface area (Å²) in [5.41, 5.74) is 0. The topological polar surface area (TPSA) is 237 Å². The number of esters is 4. The van der Waals surface area contributed by atoms with Crippen LogP contribution in [0.3, 0.4) is 0 Å². The van der Waals surface area contributed by atoms with Crippen molar-refractivity contribution in [2.45, 2.75) is 341 Å². The maximum absolute atomic E-state index is 13.1. The lowest BCUT2D eigenvalue weighted by Crippen LogP contribution is -2.30. The second-order valence-electron chi connectivity index (χ2n) is 27.3. The quantitative estimate of drug-likeness (QED) is 0.0169. The smallest absolute Gasteiger partial charge is 0.462 e. The van der Waals surface area contributed by atoms with E-state index in [2.05, 4.69) is 186 Å². The molecule has 0 amide bonds. The van der Waals surface area contributed by atoms with E-state index in [1.807, 2.05) is 0 Å². The van der Waals surface area contributed by atoms with Crippen molar-refractivity contribution in [1.29, 1.82) is 0 Å². The lowest BCUT2D eigenvalue weighted by atomic mass is 10.0. The van der Waals surface area contributed by atoms with Crippen molar-refractivity contribution >= 4 is 39.5 Å². The molecule has 3 N–H and O–H groups in total. The fourth-order valence-electron chi connectivity index (χ4n) is 10.8. The Kier molecular flexibility index (Phi) is 75.8. The summed E-state index contributed by atoms with van der Waals surface area (Å²) in [6.45, 7) is 4.46. The molecule has 616 valence electrons. The van der Waals surface area contributed by atoms with Gasteiger partial charge in [0.15, 0.2) is 12.2 Å². The molecule has 0 saturated heterocycles. The molecule has 0 heterocycles. The minimum atomic E-state index is -5.00. The summed E-state index contributed by atoms with van der Waals surface area (Å²) in [6.07, 6.45) is 93.5. The lowest BCUT2D eigenvalue weighted by Gasteiger charge is -2.21. The zero-order valence-electron chi connectivity index (χ0n) is 67.5. The molecule has 0 rings (SSSR count). The molecule has 0 aromatic rings. The van der Waals surface area contributed by atoms with Gasteiger partial charge in [-0.05, 0) is 148 Å². The molecule has 0 aliphatic rings. The van der Waals surface area contributed by atoms with Crippen LogP contribution in [0, 0.1) is 0 Å². The predicted molar refractivity (Wildman–Crippen MR) is 445 cm³/mol. The molecule has 19 heteroatoms. The molecule has 108 heavy (non-hydrogen) atoms. The van der Waals surface area contributed by atoms with Crippen LogP contribution in [0.1, 0.15) is 323 Å². The number of phosphoric ester groups is 2. The fourth-order valence-corrected chi connectivity index (χ4v) is 12.3. The van der Waals surface area contributed by atoms with Crippen LogP contribution >= 0.6 is 15.6 Å². The van der Waals surface area contributed by atoms with Gasteiger partial charge in [-0.1, -0.05) is 308 Å². The number of carbonyl (C=O) groups is 4. The number of hydrogen-bond donors (Lipinski definition) is 3. The highest BCUT2D eigenvalue weighted by molar-refractivity contribution is 7.47. The summed E-state index contributed by atoms with van der Waals surface area (Å²) in [5.74, 6) is -2.27. The van der Waals surface area contributed by atoms with Crippen LogP contribution in [0.5, 0.6) is 0 Å². The van der Waals surface area contributed by atoms with Gasteiger partial charge in [0.2, 0.25) is 0 Å². The molecule has 5 atom stereocenters. The van der Waals surface area contributed by atoms with Crippen LogP contribution in [0.15, 0.2) is 158 Å². The van der Waals surface area contributed by atoms with Crippen molar-refractivity contribution < 1.29 is 80.2 Å². The van der Waals surface area contributed by atoms with Gasteiger partial charge >= 0.3 is 39.5 Å². The average Bonchev–Trinajstić information content (AvgIpc) is 0.896. The van der Waals surface area contributed by atoms with E-state index in [-0.39, 0.29) is 25.7 Å². The molecule has 5 unspecified atom stereocenters. The Hall–Kier alpha value is -5.32. The van der Waals surface area contributed by atoms with E-state index in [1.165, 1.54) is 64.2 Å². The normalized spacial score (nSPS) is 14.6. The number of unbranched alkanes of at least 4 members (excludes halogenated alkanes) is 25. The molecule has 0 aliphatic heterocycles. The molecular formula is C89H148O17P2. The van der Waals surface area contributed by atoms with Crippen molar-refractivity contribution in [1.82, 2.24) is 0 Å². The van der Waals surface area contributed by atoms with Gasteiger partial charge in [-0.2, -0.15) is 0 Å². The van der Waals surface area contributed by atoms with E-state index in [0.29, 0.717) is 25.7 Å². The number of hydrogen-bond acceptors (Lipinski definition) is 15. The molecule has 0 aliphatic carbocycles. The van der Waals surface area contributed by atoms with Crippen molar-refractivity contribution in [3.63, 3.8) is 0 Å². The summed E-state index contributed by atoms with van der Waals surface area (Å²) in [6, 6.07) is 0. The Balaban J connectivity index is 5.46. The standard InChI is InChI=1S/C89H148O17P2/c1-5-9-13-17-21-25-29-33-37-39-41-43-47-50-54-58-62-66-70-74-87(92)100-80-85(106-89(94)76-72-68-64-60-56-52-48-44-42-40-38-34-30-26-22-18-14-10-6-2)82-104-108(97,98)102-78-83(90)77-101-107(95,96)103-81-84(105-88(93)75-71-67-63-59-55-51-46-36-32-28-24-20-16-12-8-4)79-99-86(91)73-69-65-61-57-53-49-45-35-31-27-23-19-15-11-7-3/h9-11,13-15,21-23,25-27,33-35,37-38,41-45,50,53-54,57,83-85,90H,5-8,12,16-20,24,28-32,36,39-40,46-49,51-52,55-56,58-82H2,1-4H3,(H,95,96)(H,97,98)/b13-9-,14-10-,15-11-,25-21-,26-22-,27-23-,37-33-,38-34-,43-41-,44-42-,45-35-,54-50-,57-53-. The van der Waals surface area contributed by atoms with Crippen LogP contribution in [0.25, 0.3) is 0 Å². The summed E-state index contributed by atoms with van der Waals surface area (Å²) in [4.78, 5) is 73.2. The summed E-state index contributed by atoms with van der Waals surface area (Å²) >= 11 is 0. The molecular weight excluding hydrogens is 1400 g/mol. The number of carbonyl (C=O) groups excluding carboxylic acids is 4. The van der Waals surface area contributed by atoms with Crippen LogP contribution in [-0.4, -0.2) is 96.7 Å². The van der Waals surface area contributed by atoms with Gasteiger partial charge in [0.25, 0.3) is 0 Å². The van der Waals surface area contributed by atoms with Crippen LogP contribution in [0.2, 0.25) is 0 Å². The average molecular weight is 1550 g/mol. The van der Waals surface area contributed by atoms with Gasteiger partial charge in [-0.3, -0.25) is 37.3 Å². The number of rotatable bonds is 77. The zero-order chi connectivity index (χ0) is 78.9. The van der Waals surface area contributed by atoms with E-state index in [9.17, 15) is 43.2 Å². The largest absolute Gasteiger partial charge is 0.472 e. The third kappa shape index (κ3) is 78.8. The molecule has 17 nitrogen and oxygen atoms in total. The van der Waals surface area contributed by atoms with Gasteiger partial charge in [0.05, 0.1) is 26.4 Å². The Morgan fingerprint density at radius 1 is 0.269 bits per heavy atom. The van der Waals surface area contributed by atoms with Crippen LogP contribution in [0.4, 0.5) is 0 Å². The maximum atomic E-state index is 13.1. The first-order valence-electron chi connectivity index (χ1n) is 41.7. The Bertz CT molecular complexity index is 2660. The van der Waals surface area contributed by atoms with Gasteiger partial charge in [0, 0.05) is 25.7 Å². The summed E-state index contributed by atoms with van der Waals surface area (Å²) in [5, 5.41) is 10.7.